The monoisotopic (exact) mass is 370 g/mol. The number of likely N-dealkylation sites (tertiary alicyclic amines) is 2. The van der Waals surface area contributed by atoms with Crippen molar-refractivity contribution in [3.05, 3.63) is 29.8 Å². The summed E-state index contributed by atoms with van der Waals surface area (Å²) in [4.78, 5) is 18.0. The Kier molecular flexibility index (Phi) is 5.45. The van der Waals surface area contributed by atoms with E-state index in [1.165, 1.54) is 31.2 Å². The number of amides is 1. The van der Waals surface area contributed by atoms with E-state index in [4.69, 9.17) is 4.74 Å². The van der Waals surface area contributed by atoms with Gasteiger partial charge < -0.3 is 9.64 Å². The molecule has 27 heavy (non-hydrogen) atoms. The maximum Gasteiger partial charge on any atom is 0.243 e. The molecule has 2 heterocycles. The second kappa shape index (κ2) is 7.83. The lowest BCUT2D eigenvalue weighted by Gasteiger charge is -2.46. The van der Waals surface area contributed by atoms with Crippen LogP contribution in [0.15, 0.2) is 24.3 Å². The highest BCUT2D eigenvalue weighted by atomic mass is 16.5. The van der Waals surface area contributed by atoms with Crippen LogP contribution in [0.5, 0.6) is 5.75 Å². The van der Waals surface area contributed by atoms with Crippen LogP contribution < -0.4 is 4.74 Å². The van der Waals surface area contributed by atoms with Gasteiger partial charge in [0.2, 0.25) is 5.91 Å². The molecule has 4 rings (SSSR count). The number of hydrogen-bond acceptors (Lipinski definition) is 3. The van der Waals surface area contributed by atoms with E-state index in [0.717, 1.165) is 51.1 Å². The van der Waals surface area contributed by atoms with Gasteiger partial charge in [0.15, 0.2) is 0 Å². The van der Waals surface area contributed by atoms with Crippen molar-refractivity contribution in [1.29, 1.82) is 0 Å². The maximum atomic E-state index is 13.4. The van der Waals surface area contributed by atoms with Crippen LogP contribution in [0.25, 0.3) is 0 Å². The topological polar surface area (TPSA) is 32.8 Å². The molecule has 1 spiro atoms. The van der Waals surface area contributed by atoms with Crippen LogP contribution in [0.2, 0.25) is 0 Å². The molecule has 1 unspecified atom stereocenters. The Morgan fingerprint density at radius 1 is 1.07 bits per heavy atom. The van der Waals surface area contributed by atoms with Crippen LogP contribution in [-0.4, -0.2) is 46.5 Å². The number of piperidine rings is 1. The standard InChI is InChI=1S/C23H34N2O2/c1-18(2)25-16-8-14-23(22(25)26)13-7-15-24(23)17-19-9-3-6-12-21(19)27-20-10-4-5-11-20/h3,6,9,12,18,20H,4-5,7-8,10-11,13-17H2,1-2H3. The zero-order chi connectivity index (χ0) is 18.9. The van der Waals surface area contributed by atoms with Gasteiger partial charge in [-0.25, -0.2) is 0 Å². The van der Waals surface area contributed by atoms with Gasteiger partial charge in [0, 0.05) is 24.7 Å². The quantitative estimate of drug-likeness (QED) is 0.771. The zero-order valence-corrected chi connectivity index (χ0v) is 17.0. The van der Waals surface area contributed by atoms with Crippen molar-refractivity contribution in [2.24, 2.45) is 0 Å². The molecule has 1 saturated carbocycles. The molecule has 1 aromatic carbocycles. The molecule has 0 radical (unpaired) electrons. The largest absolute Gasteiger partial charge is 0.490 e. The Hall–Kier alpha value is -1.55. The first kappa shape index (κ1) is 18.8. The van der Waals surface area contributed by atoms with Crippen molar-refractivity contribution in [1.82, 2.24) is 9.80 Å². The number of hydrogen-bond donors (Lipinski definition) is 0. The van der Waals surface area contributed by atoms with Crippen molar-refractivity contribution in [2.45, 2.75) is 89.4 Å². The van der Waals surface area contributed by atoms with Crippen LogP contribution in [0, 0.1) is 0 Å². The number of carbonyl (C=O) groups excluding carboxylic acids is 1. The normalized spacial score (nSPS) is 27.2. The molecular weight excluding hydrogens is 336 g/mol. The lowest BCUT2D eigenvalue weighted by molar-refractivity contribution is -0.149. The highest BCUT2D eigenvalue weighted by molar-refractivity contribution is 5.87. The van der Waals surface area contributed by atoms with Crippen molar-refractivity contribution in [3.63, 3.8) is 0 Å². The fourth-order valence-electron chi connectivity index (χ4n) is 5.34. The molecular formula is C23H34N2O2. The molecule has 4 nitrogen and oxygen atoms in total. The smallest absolute Gasteiger partial charge is 0.243 e. The number of para-hydroxylation sites is 1. The van der Waals surface area contributed by atoms with E-state index < -0.39 is 0 Å². The zero-order valence-electron chi connectivity index (χ0n) is 17.0. The lowest BCUT2D eigenvalue weighted by atomic mass is 9.84. The molecule has 4 heteroatoms. The van der Waals surface area contributed by atoms with Gasteiger partial charge in [-0.3, -0.25) is 9.69 Å². The van der Waals surface area contributed by atoms with E-state index in [9.17, 15) is 4.79 Å². The van der Waals surface area contributed by atoms with Crippen molar-refractivity contribution in [2.75, 3.05) is 13.1 Å². The Bertz CT molecular complexity index is 668. The van der Waals surface area contributed by atoms with Crippen LogP contribution >= 0.6 is 0 Å². The Morgan fingerprint density at radius 3 is 2.52 bits per heavy atom. The van der Waals surface area contributed by atoms with Crippen molar-refractivity contribution in [3.8, 4) is 5.75 Å². The summed E-state index contributed by atoms with van der Waals surface area (Å²) in [7, 11) is 0. The molecule has 0 aromatic heterocycles. The third-order valence-electron chi connectivity index (χ3n) is 6.83. The minimum absolute atomic E-state index is 0.287. The summed E-state index contributed by atoms with van der Waals surface area (Å²) >= 11 is 0. The maximum absolute atomic E-state index is 13.4. The van der Waals surface area contributed by atoms with E-state index in [-0.39, 0.29) is 11.6 Å². The van der Waals surface area contributed by atoms with E-state index in [1.54, 1.807) is 0 Å². The molecule has 1 aliphatic carbocycles. The fourth-order valence-corrected chi connectivity index (χ4v) is 5.34. The molecule has 3 aliphatic rings. The van der Waals surface area contributed by atoms with E-state index in [2.05, 4.69) is 47.9 Å². The van der Waals surface area contributed by atoms with Crippen LogP contribution in [0.1, 0.15) is 70.8 Å². The first-order chi connectivity index (χ1) is 13.1. The predicted molar refractivity (Wildman–Crippen MR) is 108 cm³/mol. The minimum atomic E-state index is -0.289. The van der Waals surface area contributed by atoms with E-state index in [1.807, 2.05) is 0 Å². The molecule has 1 atom stereocenters. The average Bonchev–Trinajstić information content (AvgIpc) is 3.30. The van der Waals surface area contributed by atoms with Gasteiger partial charge in [0.25, 0.3) is 0 Å². The summed E-state index contributed by atoms with van der Waals surface area (Å²) in [5, 5.41) is 0. The van der Waals surface area contributed by atoms with Crippen LogP contribution in [0.4, 0.5) is 0 Å². The highest BCUT2D eigenvalue weighted by Crippen LogP contribution is 2.40. The van der Waals surface area contributed by atoms with Gasteiger partial charge in [-0.05, 0) is 77.8 Å². The molecule has 3 fully saturated rings. The van der Waals surface area contributed by atoms with Crippen LogP contribution in [0.3, 0.4) is 0 Å². The average molecular weight is 371 g/mol. The number of carbonyl (C=O) groups is 1. The summed E-state index contributed by atoms with van der Waals surface area (Å²) in [6.45, 7) is 7.02. The summed E-state index contributed by atoms with van der Waals surface area (Å²) in [6.07, 6.45) is 9.49. The Labute approximate surface area is 163 Å². The second-order valence-electron chi connectivity index (χ2n) is 8.88. The van der Waals surface area contributed by atoms with Gasteiger partial charge >= 0.3 is 0 Å². The number of nitrogens with zero attached hydrogens (tertiary/aromatic N) is 2. The number of benzene rings is 1. The Balaban J connectivity index is 1.54. The van der Waals surface area contributed by atoms with Gasteiger partial charge in [-0.1, -0.05) is 18.2 Å². The third-order valence-corrected chi connectivity index (χ3v) is 6.83. The summed E-state index contributed by atoms with van der Waals surface area (Å²) in [5.74, 6) is 1.38. The first-order valence-corrected chi connectivity index (χ1v) is 10.9. The Morgan fingerprint density at radius 2 is 1.78 bits per heavy atom. The van der Waals surface area contributed by atoms with Gasteiger partial charge in [0.05, 0.1) is 6.10 Å². The predicted octanol–water partition coefficient (Wildman–Crippen LogP) is 4.37. The van der Waals surface area contributed by atoms with E-state index in [0.29, 0.717) is 12.0 Å². The van der Waals surface area contributed by atoms with E-state index >= 15 is 0 Å². The lowest BCUT2D eigenvalue weighted by Crippen LogP contribution is -2.61. The van der Waals surface area contributed by atoms with Crippen molar-refractivity contribution >= 4 is 5.91 Å². The summed E-state index contributed by atoms with van der Waals surface area (Å²) in [5.41, 5.74) is 0.948. The molecule has 2 aliphatic heterocycles. The molecule has 1 aromatic rings. The highest BCUT2D eigenvalue weighted by Gasteiger charge is 2.51. The fraction of sp³-hybridized carbons (Fsp3) is 0.696. The summed E-state index contributed by atoms with van der Waals surface area (Å²) < 4.78 is 6.36. The third kappa shape index (κ3) is 3.61. The first-order valence-electron chi connectivity index (χ1n) is 10.9. The molecule has 148 valence electrons. The van der Waals surface area contributed by atoms with Gasteiger partial charge in [-0.2, -0.15) is 0 Å². The number of ether oxygens (including phenoxy) is 1. The minimum Gasteiger partial charge on any atom is -0.490 e. The van der Waals surface area contributed by atoms with Gasteiger partial charge in [-0.15, -0.1) is 0 Å². The SMILES string of the molecule is CC(C)N1CCCC2(CCCN2Cc2ccccc2OC2CCCC2)C1=O. The summed E-state index contributed by atoms with van der Waals surface area (Å²) in [6, 6.07) is 8.75. The number of rotatable bonds is 5. The molecule has 1 amide bonds. The van der Waals surface area contributed by atoms with Crippen LogP contribution in [-0.2, 0) is 11.3 Å². The van der Waals surface area contributed by atoms with Crippen molar-refractivity contribution < 1.29 is 9.53 Å². The molecule has 0 bridgehead atoms. The van der Waals surface area contributed by atoms with Gasteiger partial charge in [0.1, 0.15) is 11.3 Å². The second-order valence-corrected chi connectivity index (χ2v) is 8.88. The molecule has 2 saturated heterocycles. The molecule has 0 N–H and O–H groups in total.